The number of aromatic nitrogens is 1. The monoisotopic (exact) mass is 230 g/mol. The van der Waals surface area contributed by atoms with Crippen LogP contribution in [0.2, 0.25) is 0 Å². The molecule has 2 heterocycles. The number of pyridine rings is 1. The average molecular weight is 230 g/mol. The van der Waals surface area contributed by atoms with Crippen LogP contribution in [0.1, 0.15) is 35.6 Å². The first-order chi connectivity index (χ1) is 8.22. The maximum Gasteiger partial charge on any atom is 0.106 e. The van der Waals surface area contributed by atoms with Crippen LogP contribution in [-0.4, -0.2) is 11.5 Å². The second-order valence-electron chi connectivity index (χ2n) is 4.14. The minimum absolute atomic E-state index is 0.181. The molecule has 3 nitrogen and oxygen atoms in total. The summed E-state index contributed by atoms with van der Waals surface area (Å²) < 4.78 is 5.61. The van der Waals surface area contributed by atoms with Crippen LogP contribution in [0.25, 0.3) is 0 Å². The Hall–Kier alpha value is -1.61. The predicted octanol–water partition coefficient (Wildman–Crippen LogP) is 2.99. The van der Waals surface area contributed by atoms with Gasteiger partial charge in [0.25, 0.3) is 0 Å². The van der Waals surface area contributed by atoms with Crippen molar-refractivity contribution in [1.82, 2.24) is 10.3 Å². The summed E-state index contributed by atoms with van der Waals surface area (Å²) >= 11 is 0. The molecule has 0 aliphatic rings. The Morgan fingerprint density at radius 1 is 1.29 bits per heavy atom. The number of rotatable bonds is 4. The SMILES string of the molecule is CCNC(c1ccncc1)c1cc(C)oc1C. The van der Waals surface area contributed by atoms with Gasteiger partial charge < -0.3 is 9.73 Å². The Kier molecular flexibility index (Phi) is 3.59. The molecule has 0 aliphatic carbocycles. The van der Waals surface area contributed by atoms with Crippen LogP contribution in [0, 0.1) is 13.8 Å². The third-order valence-electron chi connectivity index (χ3n) is 2.84. The Morgan fingerprint density at radius 2 is 2.00 bits per heavy atom. The van der Waals surface area contributed by atoms with Crippen molar-refractivity contribution < 1.29 is 4.42 Å². The van der Waals surface area contributed by atoms with Crippen molar-refractivity contribution in [3.05, 3.63) is 53.2 Å². The standard InChI is InChI=1S/C14H18N2O/c1-4-16-14(12-5-7-15-8-6-12)13-9-10(2)17-11(13)3/h5-9,14,16H,4H2,1-3H3. The zero-order chi connectivity index (χ0) is 12.3. The molecule has 0 bridgehead atoms. The fourth-order valence-electron chi connectivity index (χ4n) is 2.10. The van der Waals surface area contributed by atoms with Crippen molar-refractivity contribution in [3.63, 3.8) is 0 Å². The molecule has 0 aliphatic heterocycles. The van der Waals surface area contributed by atoms with Crippen LogP contribution in [0.3, 0.4) is 0 Å². The number of aryl methyl sites for hydroxylation is 2. The lowest BCUT2D eigenvalue weighted by Crippen LogP contribution is -2.22. The van der Waals surface area contributed by atoms with E-state index in [0.29, 0.717) is 0 Å². The molecule has 1 N–H and O–H groups in total. The Balaban J connectivity index is 2.39. The van der Waals surface area contributed by atoms with Crippen molar-refractivity contribution in [1.29, 1.82) is 0 Å². The molecule has 1 unspecified atom stereocenters. The van der Waals surface area contributed by atoms with Crippen LogP contribution < -0.4 is 5.32 Å². The third-order valence-corrected chi connectivity index (χ3v) is 2.84. The second-order valence-corrected chi connectivity index (χ2v) is 4.14. The molecule has 0 spiro atoms. The first kappa shape index (κ1) is 11.9. The van der Waals surface area contributed by atoms with E-state index in [9.17, 15) is 0 Å². The van der Waals surface area contributed by atoms with Gasteiger partial charge in [0.05, 0.1) is 6.04 Å². The lowest BCUT2D eigenvalue weighted by Gasteiger charge is -2.17. The summed E-state index contributed by atoms with van der Waals surface area (Å²) in [6.07, 6.45) is 3.64. The molecule has 0 radical (unpaired) electrons. The molecule has 2 rings (SSSR count). The molecule has 0 saturated carbocycles. The van der Waals surface area contributed by atoms with E-state index in [1.54, 1.807) is 0 Å². The van der Waals surface area contributed by atoms with Gasteiger partial charge in [0.1, 0.15) is 11.5 Å². The van der Waals surface area contributed by atoms with Crippen LogP contribution in [-0.2, 0) is 0 Å². The van der Waals surface area contributed by atoms with Gasteiger partial charge in [-0.25, -0.2) is 0 Å². The zero-order valence-corrected chi connectivity index (χ0v) is 10.5. The second kappa shape index (κ2) is 5.15. The molecule has 0 aromatic carbocycles. The highest BCUT2D eigenvalue weighted by Crippen LogP contribution is 2.26. The first-order valence-electron chi connectivity index (χ1n) is 5.92. The van der Waals surface area contributed by atoms with Crippen molar-refractivity contribution in [2.75, 3.05) is 6.54 Å². The van der Waals surface area contributed by atoms with E-state index in [0.717, 1.165) is 18.1 Å². The highest BCUT2D eigenvalue weighted by Gasteiger charge is 2.17. The number of nitrogens with one attached hydrogen (secondary N) is 1. The van der Waals surface area contributed by atoms with E-state index in [2.05, 4.69) is 23.3 Å². The van der Waals surface area contributed by atoms with Gasteiger partial charge in [-0.2, -0.15) is 0 Å². The lowest BCUT2D eigenvalue weighted by molar-refractivity contribution is 0.495. The highest BCUT2D eigenvalue weighted by molar-refractivity contribution is 5.33. The first-order valence-corrected chi connectivity index (χ1v) is 5.92. The predicted molar refractivity (Wildman–Crippen MR) is 67.9 cm³/mol. The molecule has 3 heteroatoms. The molecule has 0 saturated heterocycles. The minimum atomic E-state index is 0.181. The molecule has 90 valence electrons. The van der Waals surface area contributed by atoms with Crippen LogP contribution in [0.4, 0.5) is 0 Å². The van der Waals surface area contributed by atoms with Gasteiger partial charge >= 0.3 is 0 Å². The van der Waals surface area contributed by atoms with Gasteiger partial charge in [-0.05, 0) is 44.2 Å². The van der Waals surface area contributed by atoms with Gasteiger partial charge in [-0.1, -0.05) is 6.92 Å². The lowest BCUT2D eigenvalue weighted by atomic mass is 10.00. The van der Waals surface area contributed by atoms with Crippen LogP contribution >= 0.6 is 0 Å². The fraction of sp³-hybridized carbons (Fsp3) is 0.357. The Labute approximate surface area is 102 Å². The summed E-state index contributed by atoms with van der Waals surface area (Å²) in [5, 5.41) is 3.48. The van der Waals surface area contributed by atoms with Crippen LogP contribution in [0.15, 0.2) is 35.0 Å². The van der Waals surface area contributed by atoms with E-state index < -0.39 is 0 Å². The fourth-order valence-corrected chi connectivity index (χ4v) is 2.10. The quantitative estimate of drug-likeness (QED) is 0.877. The Bertz CT molecular complexity index is 476. The number of hydrogen-bond acceptors (Lipinski definition) is 3. The van der Waals surface area contributed by atoms with Crippen molar-refractivity contribution >= 4 is 0 Å². The van der Waals surface area contributed by atoms with Crippen LogP contribution in [0.5, 0.6) is 0 Å². The van der Waals surface area contributed by atoms with E-state index >= 15 is 0 Å². The molecule has 1 atom stereocenters. The third kappa shape index (κ3) is 2.56. The van der Waals surface area contributed by atoms with E-state index in [1.165, 1.54) is 11.1 Å². The molecule has 2 aromatic heterocycles. The van der Waals surface area contributed by atoms with Crippen molar-refractivity contribution in [3.8, 4) is 0 Å². The summed E-state index contributed by atoms with van der Waals surface area (Å²) in [5.74, 6) is 1.93. The number of furan rings is 1. The van der Waals surface area contributed by atoms with Crippen molar-refractivity contribution in [2.24, 2.45) is 0 Å². The van der Waals surface area contributed by atoms with Gasteiger partial charge in [0.15, 0.2) is 0 Å². The van der Waals surface area contributed by atoms with E-state index in [-0.39, 0.29) is 6.04 Å². The number of hydrogen-bond donors (Lipinski definition) is 1. The maximum atomic E-state index is 5.61. The molecule has 0 amide bonds. The molecule has 2 aromatic rings. The molecular formula is C14H18N2O. The molecule has 0 fully saturated rings. The summed E-state index contributed by atoms with van der Waals surface area (Å²) in [4.78, 5) is 4.06. The zero-order valence-electron chi connectivity index (χ0n) is 10.5. The van der Waals surface area contributed by atoms with Gasteiger partial charge in [0, 0.05) is 18.0 Å². The van der Waals surface area contributed by atoms with E-state index in [1.807, 2.05) is 38.4 Å². The summed E-state index contributed by atoms with van der Waals surface area (Å²) in [6, 6.07) is 6.35. The summed E-state index contributed by atoms with van der Waals surface area (Å²) in [6.45, 7) is 7.01. The smallest absolute Gasteiger partial charge is 0.106 e. The molecular weight excluding hydrogens is 212 g/mol. The summed E-state index contributed by atoms with van der Waals surface area (Å²) in [7, 11) is 0. The largest absolute Gasteiger partial charge is 0.466 e. The Morgan fingerprint density at radius 3 is 2.53 bits per heavy atom. The minimum Gasteiger partial charge on any atom is -0.466 e. The van der Waals surface area contributed by atoms with Crippen molar-refractivity contribution in [2.45, 2.75) is 26.8 Å². The molecule has 17 heavy (non-hydrogen) atoms. The highest BCUT2D eigenvalue weighted by atomic mass is 16.3. The number of nitrogens with zero attached hydrogens (tertiary/aromatic N) is 1. The normalized spacial score (nSPS) is 12.6. The van der Waals surface area contributed by atoms with Gasteiger partial charge in [0.2, 0.25) is 0 Å². The summed E-state index contributed by atoms with van der Waals surface area (Å²) in [5.41, 5.74) is 2.42. The topological polar surface area (TPSA) is 38.1 Å². The van der Waals surface area contributed by atoms with E-state index in [4.69, 9.17) is 4.42 Å². The average Bonchev–Trinajstić information content (AvgIpc) is 2.66. The van der Waals surface area contributed by atoms with Gasteiger partial charge in [-0.15, -0.1) is 0 Å². The maximum absolute atomic E-state index is 5.61. The van der Waals surface area contributed by atoms with Gasteiger partial charge in [-0.3, -0.25) is 4.98 Å².